The summed E-state index contributed by atoms with van der Waals surface area (Å²) in [5, 5.41) is 11.0. The van der Waals surface area contributed by atoms with Gasteiger partial charge in [-0.15, -0.1) is 0 Å². The molecule has 0 spiro atoms. The number of ether oxygens (including phenoxy) is 1. The molecule has 190 valence electrons. The second-order valence-electron chi connectivity index (χ2n) is 10.2. The number of nitrogens with one attached hydrogen (secondary N) is 2. The van der Waals surface area contributed by atoms with Crippen molar-refractivity contribution >= 4 is 11.9 Å². The van der Waals surface area contributed by atoms with E-state index in [0.717, 1.165) is 70.0 Å². The molecule has 1 aromatic carbocycles. The zero-order valence-corrected chi connectivity index (χ0v) is 20.7. The third-order valence-corrected chi connectivity index (χ3v) is 7.73. The normalized spacial score (nSPS) is 24.0. The van der Waals surface area contributed by atoms with Gasteiger partial charge in [0.25, 0.3) is 0 Å². The van der Waals surface area contributed by atoms with Crippen LogP contribution in [0.1, 0.15) is 38.5 Å². The summed E-state index contributed by atoms with van der Waals surface area (Å²) in [7, 11) is 1.64. The molecule has 35 heavy (non-hydrogen) atoms. The van der Waals surface area contributed by atoms with Crippen molar-refractivity contribution in [1.82, 2.24) is 25.7 Å². The molecule has 2 atom stereocenters. The van der Waals surface area contributed by atoms with Crippen LogP contribution in [-0.4, -0.2) is 79.9 Å². The maximum absolute atomic E-state index is 12.8. The predicted molar refractivity (Wildman–Crippen MR) is 134 cm³/mol. The summed E-state index contributed by atoms with van der Waals surface area (Å²) in [5.41, 5.74) is 0.885. The van der Waals surface area contributed by atoms with Crippen molar-refractivity contribution in [1.29, 1.82) is 0 Å². The number of rotatable bonds is 8. The van der Waals surface area contributed by atoms with E-state index in [2.05, 4.69) is 30.6 Å². The smallest absolute Gasteiger partial charge is 0.324 e. The Morgan fingerprint density at radius 2 is 1.97 bits per heavy atom. The highest BCUT2D eigenvalue weighted by Crippen LogP contribution is 2.26. The molecule has 0 bridgehead atoms. The largest absolute Gasteiger partial charge is 0.497 e. The van der Waals surface area contributed by atoms with E-state index in [1.54, 1.807) is 7.11 Å². The van der Waals surface area contributed by atoms with Crippen LogP contribution in [0.4, 0.5) is 6.01 Å². The van der Waals surface area contributed by atoms with Gasteiger partial charge < -0.3 is 29.7 Å². The molecule has 3 fully saturated rings. The molecule has 3 aliphatic heterocycles. The standard InChI is InChI=1S/C26H38N6O3/c1-34-23-7-5-20(6-8-23)24-29-26(35-30-24)32-14-10-21(11-15-32)25(33)28-16-19-9-13-31(17-19)18-22-4-2-3-12-27-22/h5-8,19,21-22,27H,2-4,9-18H2,1H3,(H,28,33)/t19?,22-/m1/s1. The minimum Gasteiger partial charge on any atom is -0.497 e. The zero-order chi connectivity index (χ0) is 24.0. The van der Waals surface area contributed by atoms with Gasteiger partial charge in [-0.3, -0.25) is 4.79 Å². The Morgan fingerprint density at radius 3 is 2.71 bits per heavy atom. The van der Waals surface area contributed by atoms with Gasteiger partial charge in [0.05, 0.1) is 7.11 Å². The van der Waals surface area contributed by atoms with Crippen molar-refractivity contribution in [3.8, 4) is 17.1 Å². The van der Waals surface area contributed by atoms with E-state index in [-0.39, 0.29) is 11.8 Å². The molecule has 3 aliphatic rings. The molecule has 9 nitrogen and oxygen atoms in total. The Kier molecular flexibility index (Phi) is 7.83. The Morgan fingerprint density at radius 1 is 1.14 bits per heavy atom. The molecular formula is C26H38N6O3. The van der Waals surface area contributed by atoms with E-state index in [1.165, 1.54) is 25.7 Å². The Bertz CT molecular complexity index is 950. The number of benzene rings is 1. The van der Waals surface area contributed by atoms with E-state index in [4.69, 9.17) is 9.26 Å². The van der Waals surface area contributed by atoms with Crippen molar-refractivity contribution in [2.75, 3.05) is 57.8 Å². The quantitative estimate of drug-likeness (QED) is 0.593. The molecule has 3 saturated heterocycles. The SMILES string of the molecule is COc1ccc(-c2noc(N3CCC(C(=O)NCC4CCN(C[C@H]5CCCCN5)C4)CC3)n2)cc1. The summed E-state index contributed by atoms with van der Waals surface area (Å²) < 4.78 is 10.7. The molecule has 4 heterocycles. The molecule has 1 aromatic heterocycles. The summed E-state index contributed by atoms with van der Waals surface area (Å²) in [6.07, 6.45) is 6.73. The van der Waals surface area contributed by atoms with Crippen molar-refractivity contribution < 1.29 is 14.1 Å². The van der Waals surface area contributed by atoms with Crippen LogP contribution in [0.2, 0.25) is 0 Å². The van der Waals surface area contributed by atoms with Gasteiger partial charge in [0.2, 0.25) is 11.7 Å². The molecule has 0 aliphatic carbocycles. The van der Waals surface area contributed by atoms with Gasteiger partial charge in [-0.25, -0.2) is 0 Å². The number of likely N-dealkylation sites (tertiary alicyclic amines) is 1. The Balaban J connectivity index is 1.03. The number of anilines is 1. The van der Waals surface area contributed by atoms with Crippen LogP contribution in [0.25, 0.3) is 11.4 Å². The average molecular weight is 483 g/mol. The van der Waals surface area contributed by atoms with Crippen LogP contribution < -0.4 is 20.3 Å². The van der Waals surface area contributed by atoms with Crippen LogP contribution in [0.15, 0.2) is 28.8 Å². The van der Waals surface area contributed by atoms with Crippen molar-refractivity contribution in [3.63, 3.8) is 0 Å². The van der Waals surface area contributed by atoms with Crippen LogP contribution >= 0.6 is 0 Å². The van der Waals surface area contributed by atoms with E-state index < -0.39 is 0 Å². The number of nitrogens with zero attached hydrogens (tertiary/aromatic N) is 4. The number of carbonyl (C=O) groups is 1. The number of amides is 1. The van der Waals surface area contributed by atoms with Crippen molar-refractivity contribution in [2.45, 2.75) is 44.6 Å². The van der Waals surface area contributed by atoms with Crippen LogP contribution in [0, 0.1) is 11.8 Å². The van der Waals surface area contributed by atoms with Gasteiger partial charge in [-0.05, 0) is 75.4 Å². The van der Waals surface area contributed by atoms with Gasteiger partial charge >= 0.3 is 6.01 Å². The first-order valence-corrected chi connectivity index (χ1v) is 13.1. The third kappa shape index (κ3) is 6.13. The fraction of sp³-hybridized carbons (Fsp3) is 0.654. The lowest BCUT2D eigenvalue weighted by atomic mass is 9.96. The van der Waals surface area contributed by atoms with Gasteiger partial charge in [-0.1, -0.05) is 11.6 Å². The molecule has 0 saturated carbocycles. The number of hydrogen-bond acceptors (Lipinski definition) is 8. The molecule has 0 radical (unpaired) electrons. The van der Waals surface area contributed by atoms with Gasteiger partial charge in [0.1, 0.15) is 5.75 Å². The number of methoxy groups -OCH3 is 1. The maximum Gasteiger partial charge on any atom is 0.324 e. The Labute approximate surface area is 207 Å². The van der Waals surface area contributed by atoms with Crippen molar-refractivity contribution in [2.24, 2.45) is 11.8 Å². The number of carbonyl (C=O) groups excluding carboxylic acids is 1. The van der Waals surface area contributed by atoms with E-state index in [0.29, 0.717) is 23.8 Å². The topological polar surface area (TPSA) is 95.8 Å². The highest BCUT2D eigenvalue weighted by molar-refractivity contribution is 5.79. The summed E-state index contributed by atoms with van der Waals surface area (Å²) in [5.74, 6) is 2.17. The Hall–Kier alpha value is -2.65. The van der Waals surface area contributed by atoms with Crippen LogP contribution in [-0.2, 0) is 4.79 Å². The summed E-state index contributed by atoms with van der Waals surface area (Å²) >= 11 is 0. The third-order valence-electron chi connectivity index (χ3n) is 7.73. The predicted octanol–water partition coefficient (Wildman–Crippen LogP) is 2.54. The molecular weight excluding hydrogens is 444 g/mol. The summed E-state index contributed by atoms with van der Waals surface area (Å²) in [6, 6.07) is 8.77. The molecule has 1 unspecified atom stereocenters. The van der Waals surface area contributed by atoms with E-state index >= 15 is 0 Å². The molecule has 2 aromatic rings. The van der Waals surface area contributed by atoms with E-state index in [9.17, 15) is 4.79 Å². The van der Waals surface area contributed by atoms with Gasteiger partial charge in [0.15, 0.2) is 0 Å². The highest BCUT2D eigenvalue weighted by Gasteiger charge is 2.29. The molecule has 5 rings (SSSR count). The average Bonchev–Trinajstić information content (AvgIpc) is 3.58. The van der Waals surface area contributed by atoms with Gasteiger partial charge in [-0.2, -0.15) is 4.98 Å². The van der Waals surface area contributed by atoms with E-state index in [1.807, 2.05) is 24.3 Å². The number of piperidine rings is 2. The second-order valence-corrected chi connectivity index (χ2v) is 10.2. The summed E-state index contributed by atoms with van der Waals surface area (Å²) in [4.78, 5) is 22.0. The monoisotopic (exact) mass is 482 g/mol. The fourth-order valence-electron chi connectivity index (χ4n) is 5.56. The number of aromatic nitrogens is 2. The minimum absolute atomic E-state index is 0.0548. The zero-order valence-electron chi connectivity index (χ0n) is 20.7. The lowest BCUT2D eigenvalue weighted by molar-refractivity contribution is -0.125. The second kappa shape index (κ2) is 11.4. The highest BCUT2D eigenvalue weighted by atomic mass is 16.5. The van der Waals surface area contributed by atoms with Crippen LogP contribution in [0.5, 0.6) is 5.75 Å². The molecule has 1 amide bonds. The maximum atomic E-state index is 12.8. The molecule has 2 N–H and O–H groups in total. The van der Waals surface area contributed by atoms with Gasteiger partial charge in [0, 0.05) is 50.2 Å². The first kappa shape index (κ1) is 24.1. The first-order chi connectivity index (χ1) is 17.2. The number of hydrogen-bond donors (Lipinski definition) is 2. The molecule has 9 heteroatoms. The lowest BCUT2D eigenvalue weighted by Crippen LogP contribution is -2.43. The lowest BCUT2D eigenvalue weighted by Gasteiger charge is -2.30. The minimum atomic E-state index is 0.0548. The van der Waals surface area contributed by atoms with Crippen molar-refractivity contribution in [3.05, 3.63) is 24.3 Å². The first-order valence-electron chi connectivity index (χ1n) is 13.1. The van der Waals surface area contributed by atoms with Crippen LogP contribution in [0.3, 0.4) is 0 Å². The summed E-state index contributed by atoms with van der Waals surface area (Å²) in [6.45, 7) is 6.85. The fourth-order valence-corrected chi connectivity index (χ4v) is 5.56.